The van der Waals surface area contributed by atoms with Crippen molar-refractivity contribution < 1.29 is 18.3 Å². The topological polar surface area (TPSA) is 83.5 Å². The Labute approximate surface area is 120 Å². The van der Waals surface area contributed by atoms with Crippen LogP contribution < -0.4 is 4.72 Å². The number of aliphatic carboxylic acids is 1. The molecular formula is C12H14BrNO4S. The van der Waals surface area contributed by atoms with Gasteiger partial charge >= 0.3 is 5.97 Å². The lowest BCUT2D eigenvalue weighted by atomic mass is 10.1. The van der Waals surface area contributed by atoms with Crippen LogP contribution in [0.25, 0.3) is 0 Å². The fourth-order valence-electron chi connectivity index (χ4n) is 1.87. The quantitative estimate of drug-likeness (QED) is 0.824. The van der Waals surface area contributed by atoms with Gasteiger partial charge < -0.3 is 5.11 Å². The number of carboxylic acids is 1. The highest BCUT2D eigenvalue weighted by molar-refractivity contribution is 9.10. The summed E-state index contributed by atoms with van der Waals surface area (Å²) in [6.45, 7) is 0. The first-order chi connectivity index (χ1) is 8.88. The molecule has 1 unspecified atom stereocenters. The summed E-state index contributed by atoms with van der Waals surface area (Å²) >= 11 is 3.24. The average Bonchev–Trinajstić information content (AvgIpc) is 3.11. The van der Waals surface area contributed by atoms with Gasteiger partial charge in [-0.3, -0.25) is 4.79 Å². The van der Waals surface area contributed by atoms with Crippen molar-refractivity contribution in [2.75, 3.05) is 0 Å². The van der Waals surface area contributed by atoms with Gasteiger partial charge in [-0.25, -0.2) is 13.1 Å². The van der Waals surface area contributed by atoms with Crippen molar-refractivity contribution in [1.29, 1.82) is 0 Å². The SMILES string of the molecule is O=C(O)CC(NS(=O)(=O)c1ccc(Br)cc1)C1CC1. The number of benzene rings is 1. The Bertz CT molecular complexity index is 566. The summed E-state index contributed by atoms with van der Waals surface area (Å²) < 4.78 is 27.6. The van der Waals surface area contributed by atoms with Crippen LogP contribution in [0.5, 0.6) is 0 Å². The van der Waals surface area contributed by atoms with Crippen molar-refractivity contribution in [3.8, 4) is 0 Å². The summed E-state index contributed by atoms with van der Waals surface area (Å²) in [4.78, 5) is 10.9. The van der Waals surface area contributed by atoms with E-state index in [0.717, 1.165) is 17.3 Å². The zero-order valence-electron chi connectivity index (χ0n) is 10.0. The molecule has 1 aliphatic carbocycles. The second kappa shape index (κ2) is 5.60. The van der Waals surface area contributed by atoms with Crippen molar-refractivity contribution in [3.63, 3.8) is 0 Å². The van der Waals surface area contributed by atoms with Gasteiger partial charge in [0.25, 0.3) is 0 Å². The minimum absolute atomic E-state index is 0.140. The van der Waals surface area contributed by atoms with Crippen LogP contribution in [0.1, 0.15) is 19.3 Å². The van der Waals surface area contributed by atoms with Crippen LogP contribution in [0.4, 0.5) is 0 Å². The molecular weight excluding hydrogens is 334 g/mol. The van der Waals surface area contributed by atoms with Gasteiger partial charge in [-0.05, 0) is 43.0 Å². The van der Waals surface area contributed by atoms with Crippen LogP contribution in [0.2, 0.25) is 0 Å². The summed E-state index contributed by atoms with van der Waals surface area (Å²) in [5, 5.41) is 8.82. The van der Waals surface area contributed by atoms with Crippen molar-refractivity contribution in [3.05, 3.63) is 28.7 Å². The molecule has 1 fully saturated rings. The highest BCUT2D eigenvalue weighted by Crippen LogP contribution is 2.34. The molecule has 0 saturated heterocycles. The largest absolute Gasteiger partial charge is 0.481 e. The lowest BCUT2D eigenvalue weighted by Gasteiger charge is -2.16. The van der Waals surface area contributed by atoms with Gasteiger partial charge in [0.2, 0.25) is 10.0 Å². The van der Waals surface area contributed by atoms with Crippen molar-refractivity contribution in [1.82, 2.24) is 4.72 Å². The molecule has 2 N–H and O–H groups in total. The van der Waals surface area contributed by atoms with Crippen molar-refractivity contribution in [2.45, 2.75) is 30.2 Å². The zero-order chi connectivity index (χ0) is 14.0. The van der Waals surface area contributed by atoms with E-state index in [-0.39, 0.29) is 17.2 Å². The van der Waals surface area contributed by atoms with Crippen LogP contribution in [-0.2, 0) is 14.8 Å². The van der Waals surface area contributed by atoms with Crippen molar-refractivity contribution in [2.24, 2.45) is 5.92 Å². The molecule has 1 saturated carbocycles. The first-order valence-corrected chi connectivity index (χ1v) is 8.16. The predicted octanol–water partition coefficient (Wildman–Crippen LogP) is 1.98. The van der Waals surface area contributed by atoms with Gasteiger partial charge in [0.1, 0.15) is 0 Å². The minimum atomic E-state index is -3.66. The molecule has 19 heavy (non-hydrogen) atoms. The van der Waals surface area contributed by atoms with E-state index >= 15 is 0 Å². The third kappa shape index (κ3) is 4.02. The fraction of sp³-hybridized carbons (Fsp3) is 0.417. The number of rotatable bonds is 6. The number of carbonyl (C=O) groups is 1. The molecule has 0 amide bonds. The van der Waals surface area contributed by atoms with E-state index in [4.69, 9.17) is 5.11 Å². The third-order valence-electron chi connectivity index (χ3n) is 3.02. The molecule has 1 aromatic rings. The summed E-state index contributed by atoms with van der Waals surface area (Å²) in [5.41, 5.74) is 0. The van der Waals surface area contributed by atoms with Gasteiger partial charge in [-0.2, -0.15) is 0 Å². The highest BCUT2D eigenvalue weighted by atomic mass is 79.9. The summed E-state index contributed by atoms with van der Waals surface area (Å²) in [7, 11) is -3.66. The van der Waals surface area contributed by atoms with Crippen LogP contribution >= 0.6 is 15.9 Å². The molecule has 0 spiro atoms. The fourth-order valence-corrected chi connectivity index (χ4v) is 3.44. The number of halogens is 1. The maximum atomic E-state index is 12.1. The number of hydrogen-bond donors (Lipinski definition) is 2. The molecule has 0 heterocycles. The zero-order valence-corrected chi connectivity index (χ0v) is 12.4. The first-order valence-electron chi connectivity index (χ1n) is 5.88. The number of nitrogens with one attached hydrogen (secondary N) is 1. The monoisotopic (exact) mass is 347 g/mol. The lowest BCUT2D eigenvalue weighted by molar-refractivity contribution is -0.137. The lowest BCUT2D eigenvalue weighted by Crippen LogP contribution is -2.38. The van der Waals surface area contributed by atoms with Crippen LogP contribution in [0, 0.1) is 5.92 Å². The van der Waals surface area contributed by atoms with E-state index in [9.17, 15) is 13.2 Å². The molecule has 5 nitrogen and oxygen atoms in total. The Morgan fingerprint density at radius 2 is 1.95 bits per heavy atom. The van der Waals surface area contributed by atoms with Gasteiger partial charge in [0.15, 0.2) is 0 Å². The van der Waals surface area contributed by atoms with Gasteiger partial charge in [-0.15, -0.1) is 0 Å². The summed E-state index contributed by atoms with van der Waals surface area (Å²) in [5.74, 6) is -0.850. The number of hydrogen-bond acceptors (Lipinski definition) is 3. The molecule has 0 bridgehead atoms. The molecule has 104 valence electrons. The minimum Gasteiger partial charge on any atom is -0.481 e. The van der Waals surface area contributed by atoms with E-state index in [1.165, 1.54) is 12.1 Å². The maximum Gasteiger partial charge on any atom is 0.304 e. The Morgan fingerprint density at radius 3 is 2.42 bits per heavy atom. The predicted molar refractivity (Wildman–Crippen MR) is 73.2 cm³/mol. The summed E-state index contributed by atoms with van der Waals surface area (Å²) in [6, 6.07) is 5.72. The van der Waals surface area contributed by atoms with Crippen LogP contribution in [-0.4, -0.2) is 25.5 Å². The molecule has 0 aromatic heterocycles. The number of sulfonamides is 1. The first kappa shape index (κ1) is 14.5. The Balaban J connectivity index is 2.14. The molecule has 1 aliphatic rings. The molecule has 0 aliphatic heterocycles. The second-order valence-corrected chi connectivity index (χ2v) is 7.25. The molecule has 7 heteroatoms. The molecule has 1 atom stereocenters. The summed E-state index contributed by atoms with van der Waals surface area (Å²) in [6.07, 6.45) is 1.57. The Hall–Kier alpha value is -0.920. The van der Waals surface area contributed by atoms with Gasteiger partial charge in [-0.1, -0.05) is 15.9 Å². The van der Waals surface area contributed by atoms with Crippen LogP contribution in [0.3, 0.4) is 0 Å². The molecule has 1 aromatic carbocycles. The second-order valence-electron chi connectivity index (χ2n) is 4.62. The maximum absolute atomic E-state index is 12.1. The van der Waals surface area contributed by atoms with E-state index in [2.05, 4.69) is 20.7 Å². The van der Waals surface area contributed by atoms with E-state index < -0.39 is 22.0 Å². The average molecular weight is 348 g/mol. The van der Waals surface area contributed by atoms with Gasteiger partial charge in [0.05, 0.1) is 11.3 Å². The normalized spacial score (nSPS) is 17.1. The van der Waals surface area contributed by atoms with Crippen molar-refractivity contribution >= 4 is 31.9 Å². The molecule has 2 rings (SSSR count). The van der Waals surface area contributed by atoms with Gasteiger partial charge in [0, 0.05) is 10.5 Å². The highest BCUT2D eigenvalue weighted by Gasteiger charge is 2.35. The standard InChI is InChI=1S/C12H14BrNO4S/c13-9-3-5-10(6-4-9)19(17,18)14-11(7-12(15)16)8-1-2-8/h3-6,8,11,14H,1-2,7H2,(H,15,16). The number of carboxylic acid groups (broad SMARTS) is 1. The van der Waals surface area contributed by atoms with E-state index in [1.54, 1.807) is 12.1 Å². The van der Waals surface area contributed by atoms with E-state index in [0.29, 0.717) is 0 Å². The third-order valence-corrected chi connectivity index (χ3v) is 5.05. The van der Waals surface area contributed by atoms with E-state index in [1.807, 2.05) is 0 Å². The Morgan fingerprint density at radius 1 is 1.37 bits per heavy atom. The van der Waals surface area contributed by atoms with Crippen LogP contribution in [0.15, 0.2) is 33.6 Å². The Kier molecular flexibility index (Phi) is 4.27. The smallest absolute Gasteiger partial charge is 0.304 e. The molecule has 0 radical (unpaired) electrons.